The highest BCUT2D eigenvalue weighted by Crippen LogP contribution is 2.24. The highest BCUT2D eigenvalue weighted by atomic mass is 35.5. The lowest BCUT2D eigenvalue weighted by Crippen LogP contribution is -2.39. The molecule has 0 spiro atoms. The van der Waals surface area contributed by atoms with Crippen molar-refractivity contribution in [3.63, 3.8) is 0 Å². The minimum Gasteiger partial charge on any atom is -0.490 e. The second-order valence-electron chi connectivity index (χ2n) is 5.72. The molecule has 1 aliphatic rings. The molecule has 4 nitrogen and oxygen atoms in total. The molecule has 0 saturated heterocycles. The Morgan fingerprint density at radius 3 is 2.88 bits per heavy atom. The van der Waals surface area contributed by atoms with E-state index in [1.807, 2.05) is 12.1 Å². The number of hydrogen-bond acceptors (Lipinski definition) is 3. The lowest BCUT2D eigenvalue weighted by Gasteiger charge is -2.27. The summed E-state index contributed by atoms with van der Waals surface area (Å²) < 4.78 is 19.2. The van der Waals surface area contributed by atoms with Crippen LogP contribution in [0.15, 0.2) is 42.5 Å². The Morgan fingerprint density at radius 2 is 2.08 bits per heavy atom. The van der Waals surface area contributed by atoms with Crippen LogP contribution in [0.3, 0.4) is 0 Å². The number of rotatable bonds is 5. The van der Waals surface area contributed by atoms with Gasteiger partial charge in [-0.3, -0.25) is 4.79 Å². The number of benzene rings is 2. The van der Waals surface area contributed by atoms with Gasteiger partial charge in [-0.05, 0) is 43.1 Å². The average molecular weight is 365 g/mol. The third-order valence-electron chi connectivity index (χ3n) is 4.18. The summed E-state index contributed by atoms with van der Waals surface area (Å²) in [5.41, 5.74) is 2.73. The molecule has 3 rings (SSSR count). The van der Waals surface area contributed by atoms with Crippen LogP contribution in [0.4, 0.5) is 4.39 Å². The van der Waals surface area contributed by atoms with E-state index in [1.165, 1.54) is 23.3 Å². The van der Waals surface area contributed by atoms with Crippen LogP contribution in [-0.2, 0) is 6.42 Å². The maximum atomic E-state index is 13.9. The number of carbonyl (C=O) groups excluding carboxylic acids is 1. The molecular formula is C19H22ClFN2O2. The summed E-state index contributed by atoms with van der Waals surface area (Å²) in [4.78, 5) is 12.5. The maximum Gasteiger partial charge on any atom is 0.255 e. The second kappa shape index (κ2) is 8.83. The van der Waals surface area contributed by atoms with Crippen LogP contribution in [0.2, 0.25) is 0 Å². The van der Waals surface area contributed by atoms with Gasteiger partial charge in [-0.2, -0.15) is 0 Å². The molecule has 0 aliphatic carbocycles. The van der Waals surface area contributed by atoms with Crippen molar-refractivity contribution in [2.75, 3.05) is 19.7 Å². The number of halogens is 2. The van der Waals surface area contributed by atoms with Gasteiger partial charge in [0.2, 0.25) is 0 Å². The van der Waals surface area contributed by atoms with Crippen LogP contribution in [0, 0.1) is 5.82 Å². The molecule has 25 heavy (non-hydrogen) atoms. The van der Waals surface area contributed by atoms with Gasteiger partial charge in [-0.1, -0.05) is 30.3 Å². The van der Waals surface area contributed by atoms with Gasteiger partial charge in [-0.15, -0.1) is 12.4 Å². The van der Waals surface area contributed by atoms with Crippen LogP contribution >= 0.6 is 12.4 Å². The molecule has 6 heteroatoms. The van der Waals surface area contributed by atoms with E-state index in [-0.39, 0.29) is 35.7 Å². The van der Waals surface area contributed by atoms with Gasteiger partial charge in [0, 0.05) is 12.6 Å². The summed E-state index contributed by atoms with van der Waals surface area (Å²) >= 11 is 0. The molecule has 2 aromatic rings. The molecule has 1 unspecified atom stereocenters. The van der Waals surface area contributed by atoms with Crippen molar-refractivity contribution in [3.05, 3.63) is 65.0 Å². The van der Waals surface area contributed by atoms with Crippen molar-refractivity contribution in [2.24, 2.45) is 0 Å². The van der Waals surface area contributed by atoms with Gasteiger partial charge in [0.05, 0.1) is 12.2 Å². The molecule has 134 valence electrons. The Bertz CT molecular complexity index is 739. The molecular weight excluding hydrogens is 343 g/mol. The summed E-state index contributed by atoms with van der Waals surface area (Å²) in [7, 11) is 0. The molecule has 0 aromatic heterocycles. The fraction of sp³-hybridized carbons (Fsp3) is 0.316. The largest absolute Gasteiger partial charge is 0.490 e. The molecule has 0 saturated carbocycles. The minimum atomic E-state index is -0.523. The molecule has 1 aliphatic heterocycles. The summed E-state index contributed by atoms with van der Waals surface area (Å²) in [5.74, 6) is -0.844. The summed E-state index contributed by atoms with van der Waals surface area (Å²) in [5, 5.41) is 6.30. The maximum absolute atomic E-state index is 13.9. The Labute approximate surface area is 153 Å². The van der Waals surface area contributed by atoms with Crippen molar-refractivity contribution in [1.82, 2.24) is 10.6 Å². The molecule has 2 aromatic carbocycles. The average Bonchev–Trinajstić information content (AvgIpc) is 2.61. The Hall–Kier alpha value is -2.11. The summed E-state index contributed by atoms with van der Waals surface area (Å²) in [6, 6.07) is 12.7. The summed E-state index contributed by atoms with van der Waals surface area (Å²) in [6.45, 7) is 3.38. The van der Waals surface area contributed by atoms with Crippen molar-refractivity contribution < 1.29 is 13.9 Å². The standard InChI is InChI=1S/C19H21FN2O2.ClH/c1-2-24-18-15(8-5-9-16(18)20)19(23)22-12-17-14-7-4-3-6-13(14)10-11-21-17;/h3-9,17,21H,2,10-12H2,1H3,(H,22,23);1H. The van der Waals surface area contributed by atoms with Crippen LogP contribution < -0.4 is 15.4 Å². The van der Waals surface area contributed by atoms with Gasteiger partial charge in [0.25, 0.3) is 5.91 Å². The lowest BCUT2D eigenvalue weighted by atomic mass is 9.94. The van der Waals surface area contributed by atoms with E-state index in [0.29, 0.717) is 13.2 Å². The normalized spacial score (nSPS) is 15.7. The second-order valence-corrected chi connectivity index (χ2v) is 5.72. The Balaban J connectivity index is 0.00000225. The first-order chi connectivity index (χ1) is 11.7. The van der Waals surface area contributed by atoms with Crippen molar-refractivity contribution >= 4 is 18.3 Å². The fourth-order valence-corrected chi connectivity index (χ4v) is 3.04. The number of nitrogens with one attached hydrogen (secondary N) is 2. The van der Waals surface area contributed by atoms with E-state index >= 15 is 0 Å². The van der Waals surface area contributed by atoms with E-state index in [2.05, 4.69) is 22.8 Å². The van der Waals surface area contributed by atoms with Crippen LogP contribution in [0.25, 0.3) is 0 Å². The molecule has 0 bridgehead atoms. The zero-order valence-electron chi connectivity index (χ0n) is 14.0. The predicted octanol–water partition coefficient (Wildman–Crippen LogP) is 3.26. The van der Waals surface area contributed by atoms with E-state index in [1.54, 1.807) is 13.0 Å². The monoisotopic (exact) mass is 364 g/mol. The van der Waals surface area contributed by atoms with Gasteiger partial charge < -0.3 is 15.4 Å². The first-order valence-corrected chi connectivity index (χ1v) is 8.21. The van der Waals surface area contributed by atoms with Gasteiger partial charge in [0.15, 0.2) is 11.6 Å². The van der Waals surface area contributed by atoms with Crippen LogP contribution in [0.1, 0.15) is 34.5 Å². The molecule has 1 atom stereocenters. The zero-order chi connectivity index (χ0) is 16.9. The topological polar surface area (TPSA) is 50.4 Å². The lowest BCUT2D eigenvalue weighted by molar-refractivity contribution is 0.0944. The fourth-order valence-electron chi connectivity index (χ4n) is 3.04. The number of carbonyl (C=O) groups is 1. The summed E-state index contributed by atoms with van der Waals surface area (Å²) in [6.07, 6.45) is 0.985. The van der Waals surface area contributed by atoms with Crippen molar-refractivity contribution in [1.29, 1.82) is 0 Å². The number of fused-ring (bicyclic) bond motifs is 1. The molecule has 1 heterocycles. The first-order valence-electron chi connectivity index (χ1n) is 8.21. The number of hydrogen-bond donors (Lipinski definition) is 2. The van der Waals surface area contributed by atoms with Gasteiger partial charge in [0.1, 0.15) is 0 Å². The Morgan fingerprint density at radius 1 is 1.28 bits per heavy atom. The first kappa shape index (κ1) is 19.2. The van der Waals surface area contributed by atoms with Crippen LogP contribution in [-0.4, -0.2) is 25.6 Å². The third kappa shape index (κ3) is 4.30. The number of para-hydroxylation sites is 1. The quantitative estimate of drug-likeness (QED) is 0.856. The highest BCUT2D eigenvalue weighted by Gasteiger charge is 2.21. The van der Waals surface area contributed by atoms with E-state index < -0.39 is 5.82 Å². The number of amides is 1. The number of ether oxygens (including phenoxy) is 1. The molecule has 0 fully saturated rings. The van der Waals surface area contributed by atoms with Gasteiger partial charge >= 0.3 is 0 Å². The van der Waals surface area contributed by atoms with E-state index in [9.17, 15) is 9.18 Å². The van der Waals surface area contributed by atoms with Crippen molar-refractivity contribution in [2.45, 2.75) is 19.4 Å². The molecule has 1 amide bonds. The van der Waals surface area contributed by atoms with E-state index in [0.717, 1.165) is 13.0 Å². The molecule has 0 radical (unpaired) electrons. The predicted molar refractivity (Wildman–Crippen MR) is 98.0 cm³/mol. The zero-order valence-corrected chi connectivity index (χ0v) is 14.9. The highest BCUT2D eigenvalue weighted by molar-refractivity contribution is 5.97. The SMILES string of the molecule is CCOc1c(F)cccc1C(=O)NCC1NCCc2ccccc21.Cl. The van der Waals surface area contributed by atoms with Crippen LogP contribution in [0.5, 0.6) is 5.75 Å². The Kier molecular flexibility index (Phi) is 6.79. The van der Waals surface area contributed by atoms with Gasteiger partial charge in [-0.25, -0.2) is 4.39 Å². The van der Waals surface area contributed by atoms with Crippen molar-refractivity contribution in [3.8, 4) is 5.75 Å². The minimum absolute atomic E-state index is 0. The third-order valence-corrected chi connectivity index (χ3v) is 4.18. The van der Waals surface area contributed by atoms with E-state index in [4.69, 9.17) is 4.74 Å². The molecule has 2 N–H and O–H groups in total. The smallest absolute Gasteiger partial charge is 0.255 e.